The molecule has 3 aliphatic rings. The minimum atomic E-state index is -1.97. The highest BCUT2D eigenvalue weighted by Crippen LogP contribution is 2.41. The predicted octanol–water partition coefficient (Wildman–Crippen LogP) is 2.80. The molecule has 0 radical (unpaired) electrons. The number of alkyl halides is 1. The smallest absolute Gasteiger partial charge is 0.311 e. The summed E-state index contributed by atoms with van der Waals surface area (Å²) in [6, 6.07) is -0.328. The Morgan fingerprint density at radius 3 is 2.18 bits per heavy atom. The van der Waals surface area contributed by atoms with Gasteiger partial charge >= 0.3 is 5.97 Å². The number of aliphatic hydroxyl groups excluding tert-OH is 3. The molecule has 3 rings (SSSR count). The Hall–Kier alpha value is -1.25. The van der Waals surface area contributed by atoms with E-state index in [1.807, 2.05) is 25.9 Å². The lowest BCUT2D eigenvalue weighted by molar-refractivity contribution is -0.317. The first kappa shape index (κ1) is 50.1. The van der Waals surface area contributed by atoms with Gasteiger partial charge in [-0.25, -0.2) is 0 Å². The molecule has 0 saturated carbocycles. The zero-order valence-corrected chi connectivity index (χ0v) is 37.0. The fraction of sp³-hybridized carbons (Fsp3) is 0.950. The molecular weight excluding hydrogens is 768 g/mol. The van der Waals surface area contributed by atoms with E-state index in [2.05, 4.69) is 5.16 Å². The van der Waals surface area contributed by atoms with Gasteiger partial charge in [0.15, 0.2) is 12.6 Å². The second-order valence-electron chi connectivity index (χ2n) is 17.4. The summed E-state index contributed by atoms with van der Waals surface area (Å²) < 4.78 is 43.0. The summed E-state index contributed by atoms with van der Waals surface area (Å²) in [5, 5.41) is 63.4. The van der Waals surface area contributed by atoms with Crippen molar-refractivity contribution in [3.63, 3.8) is 0 Å². The average Bonchev–Trinajstić information content (AvgIpc) is 3.14. The summed E-state index contributed by atoms with van der Waals surface area (Å²) >= 11 is 5.75. The highest BCUT2D eigenvalue weighted by molar-refractivity contribution is 6.17. The molecule has 17 heteroatoms. The van der Waals surface area contributed by atoms with E-state index in [9.17, 15) is 30.3 Å². The van der Waals surface area contributed by atoms with E-state index in [1.165, 1.54) is 14.0 Å². The highest BCUT2D eigenvalue weighted by atomic mass is 35.5. The zero-order valence-electron chi connectivity index (χ0n) is 36.3. The van der Waals surface area contributed by atoms with E-state index in [-0.39, 0.29) is 50.7 Å². The van der Waals surface area contributed by atoms with E-state index in [0.717, 1.165) is 0 Å². The Bertz CT molecular complexity index is 1290. The van der Waals surface area contributed by atoms with Crippen molar-refractivity contribution in [2.75, 3.05) is 40.5 Å². The van der Waals surface area contributed by atoms with Crippen molar-refractivity contribution in [1.82, 2.24) is 4.90 Å². The van der Waals surface area contributed by atoms with E-state index < -0.39 is 102 Å². The number of carbonyl (C=O) groups is 1. The summed E-state index contributed by atoms with van der Waals surface area (Å²) in [7, 11) is 5.21. The van der Waals surface area contributed by atoms with Gasteiger partial charge in [-0.05, 0) is 74.9 Å². The molecule has 0 unspecified atom stereocenters. The number of ether oxygens (including phenoxy) is 7. The molecule has 18 atom stereocenters. The number of methoxy groups -OCH3 is 1. The fourth-order valence-corrected chi connectivity index (χ4v) is 8.95. The molecule has 3 aliphatic heterocycles. The Morgan fingerprint density at radius 1 is 0.947 bits per heavy atom. The van der Waals surface area contributed by atoms with Crippen LogP contribution in [-0.4, -0.2) is 167 Å². The molecular formula is C40H73ClN2O14. The van der Waals surface area contributed by atoms with Crippen LogP contribution in [0.1, 0.15) is 94.9 Å². The quantitative estimate of drug-likeness (QED) is 0.0630. The predicted molar refractivity (Wildman–Crippen MR) is 211 cm³/mol. The van der Waals surface area contributed by atoms with E-state index in [0.29, 0.717) is 12.1 Å². The lowest BCUT2D eigenvalue weighted by Gasteiger charge is -2.49. The topological polar surface area (TPSA) is 208 Å². The first-order valence-corrected chi connectivity index (χ1v) is 20.9. The van der Waals surface area contributed by atoms with Crippen LogP contribution in [0.15, 0.2) is 5.16 Å². The first-order chi connectivity index (χ1) is 26.5. The SMILES string of the molecule is CC[C@H]1OC(=O)[C@H](C)[C@@H](O[C@H]2C[C@@](C)(OC)[C@@H](O)[C@H](C)O2)[C@@H](C)[C@@H](O[C@@H]2O[C@H](C)C[C@H](N(C)C)[C@H]2O)[C@](C)(O)C[C@@H](C)/C(=N\OCOCCCl)[C@H](C)[C@H](O)[C@]1(C)O. The largest absolute Gasteiger partial charge is 0.459 e. The van der Waals surface area contributed by atoms with Gasteiger partial charge in [-0.1, -0.05) is 32.9 Å². The molecule has 0 bridgehead atoms. The second kappa shape index (κ2) is 21.0. The number of likely N-dealkylation sites (N-methyl/N-ethyl adjacent to an activating group) is 1. The molecule has 16 nitrogen and oxygen atoms in total. The van der Waals surface area contributed by atoms with Gasteiger partial charge in [0.25, 0.3) is 0 Å². The summed E-state index contributed by atoms with van der Waals surface area (Å²) in [6.07, 6.45) is -9.50. The number of esters is 1. The zero-order chi connectivity index (χ0) is 43.2. The van der Waals surface area contributed by atoms with Crippen LogP contribution in [0.25, 0.3) is 0 Å². The molecule has 3 heterocycles. The maximum atomic E-state index is 14.3. The highest BCUT2D eigenvalue weighted by Gasteiger charge is 2.53. The second-order valence-corrected chi connectivity index (χ2v) is 17.8. The lowest BCUT2D eigenvalue weighted by atomic mass is 9.73. The molecule has 3 fully saturated rings. The Morgan fingerprint density at radius 2 is 1.60 bits per heavy atom. The summed E-state index contributed by atoms with van der Waals surface area (Å²) in [4.78, 5) is 21.7. The molecule has 0 aromatic rings. The maximum absolute atomic E-state index is 14.3. The van der Waals surface area contributed by atoms with Crippen molar-refractivity contribution in [3.05, 3.63) is 0 Å². The van der Waals surface area contributed by atoms with Gasteiger partial charge in [-0.15, -0.1) is 11.6 Å². The van der Waals surface area contributed by atoms with Gasteiger partial charge in [-0.2, -0.15) is 0 Å². The van der Waals surface area contributed by atoms with Crippen molar-refractivity contribution in [1.29, 1.82) is 0 Å². The minimum absolute atomic E-state index is 0.0327. The molecule has 0 aromatic carbocycles. The van der Waals surface area contributed by atoms with Crippen molar-refractivity contribution < 1.29 is 68.3 Å². The number of aliphatic hydroxyl groups is 5. The summed E-state index contributed by atoms with van der Waals surface area (Å²) in [5.74, 6) is -3.90. The van der Waals surface area contributed by atoms with Crippen LogP contribution in [0.5, 0.6) is 0 Å². The molecule has 0 aliphatic carbocycles. The summed E-state index contributed by atoms with van der Waals surface area (Å²) in [5.41, 5.74) is -4.50. The van der Waals surface area contributed by atoms with Crippen molar-refractivity contribution in [3.8, 4) is 0 Å². The molecule has 5 N–H and O–H groups in total. The van der Waals surface area contributed by atoms with Crippen LogP contribution in [0.3, 0.4) is 0 Å². The van der Waals surface area contributed by atoms with E-state index >= 15 is 0 Å². The van der Waals surface area contributed by atoms with Crippen LogP contribution >= 0.6 is 11.6 Å². The monoisotopic (exact) mass is 840 g/mol. The third kappa shape index (κ3) is 12.0. The number of carbonyl (C=O) groups excluding carboxylic acids is 1. The third-order valence-electron chi connectivity index (χ3n) is 12.4. The van der Waals surface area contributed by atoms with E-state index in [1.54, 1.807) is 55.4 Å². The first-order valence-electron chi connectivity index (χ1n) is 20.3. The van der Waals surface area contributed by atoms with E-state index in [4.69, 9.17) is 49.6 Å². The number of hydrogen-bond acceptors (Lipinski definition) is 16. The number of rotatable bonds is 12. The van der Waals surface area contributed by atoms with Crippen LogP contribution < -0.4 is 0 Å². The molecule has 3 saturated heterocycles. The Kier molecular flexibility index (Phi) is 18.5. The van der Waals surface area contributed by atoms with Crippen LogP contribution in [-0.2, 0) is 42.8 Å². The van der Waals surface area contributed by atoms with Gasteiger partial charge in [0.05, 0.1) is 60.0 Å². The maximum Gasteiger partial charge on any atom is 0.311 e. The van der Waals surface area contributed by atoms with Crippen molar-refractivity contribution in [2.24, 2.45) is 28.8 Å². The molecule has 334 valence electrons. The van der Waals surface area contributed by atoms with Crippen LogP contribution in [0, 0.1) is 23.7 Å². The Labute approximate surface area is 344 Å². The fourth-order valence-electron chi connectivity index (χ4n) is 8.85. The molecule has 0 aromatic heterocycles. The van der Waals surface area contributed by atoms with Crippen LogP contribution in [0.4, 0.5) is 0 Å². The third-order valence-corrected chi connectivity index (χ3v) is 12.5. The van der Waals surface area contributed by atoms with Crippen molar-refractivity contribution in [2.45, 2.75) is 179 Å². The van der Waals surface area contributed by atoms with Gasteiger partial charge < -0.3 is 68.4 Å². The number of nitrogens with zero attached hydrogens (tertiary/aromatic N) is 2. The molecule has 0 spiro atoms. The standard InChI is InChI=1S/C40H73ClN2O14/c1-14-28-40(10,49)33(45)23(4)30(42-52-20-51-16-15-41)21(2)18-38(8,48)35(57-37-31(44)27(43(11)12)17-22(3)53-37)24(5)32(25(6)36(47)55-28)56-29-19-39(9,50-13)34(46)26(7)54-29/h21-29,31-35,37,44-46,48-49H,14-20H2,1-13H3/b42-30+/t21-,22-,23+,24-,25-,26+,27+,28-,29+,31-,32+,33+,34+,35-,37+,38-,39-,40-/m1/s1. The van der Waals surface area contributed by atoms with Crippen molar-refractivity contribution >= 4 is 23.3 Å². The normalized spacial score (nSPS) is 46.4. The molecule has 57 heavy (non-hydrogen) atoms. The van der Waals surface area contributed by atoms with Gasteiger partial charge in [-0.3, -0.25) is 4.79 Å². The summed E-state index contributed by atoms with van der Waals surface area (Å²) in [6.45, 7) is 16.9. The molecule has 0 amide bonds. The van der Waals surface area contributed by atoms with Gasteiger partial charge in [0.1, 0.15) is 23.9 Å². The number of cyclic esters (lactones) is 1. The number of oxime groups is 1. The number of halogens is 1. The van der Waals surface area contributed by atoms with Crippen LogP contribution in [0.2, 0.25) is 0 Å². The lowest BCUT2D eigenvalue weighted by Crippen LogP contribution is -2.61. The number of hydrogen-bond donors (Lipinski definition) is 5. The average molecular weight is 841 g/mol. The van der Waals surface area contributed by atoms with Gasteiger partial charge in [0, 0.05) is 43.2 Å². The Balaban J connectivity index is 2.23. The van der Waals surface area contributed by atoms with Gasteiger partial charge in [0.2, 0.25) is 6.79 Å². The minimum Gasteiger partial charge on any atom is -0.459 e.